The second-order valence-electron chi connectivity index (χ2n) is 2.53. The summed E-state index contributed by atoms with van der Waals surface area (Å²) in [6.07, 6.45) is 0. The predicted molar refractivity (Wildman–Crippen MR) is 44.9 cm³/mol. The molecule has 0 saturated heterocycles. The second kappa shape index (κ2) is 3.38. The lowest BCUT2D eigenvalue weighted by Gasteiger charge is -2.06. The standard InChI is InChI=1S/C8H10F2N2/c9-3-5-1-6(4-10)8(12)7(11)2-5/h1-2H,3-4,11-12H2. The van der Waals surface area contributed by atoms with Crippen molar-refractivity contribution < 1.29 is 8.78 Å². The average molecular weight is 172 g/mol. The summed E-state index contributed by atoms with van der Waals surface area (Å²) in [6, 6.07) is 2.79. The Morgan fingerprint density at radius 2 is 1.75 bits per heavy atom. The summed E-state index contributed by atoms with van der Waals surface area (Å²) in [6.45, 7) is -1.37. The highest BCUT2D eigenvalue weighted by Crippen LogP contribution is 2.23. The molecule has 1 aromatic carbocycles. The van der Waals surface area contributed by atoms with Crippen LogP contribution in [0.3, 0.4) is 0 Å². The van der Waals surface area contributed by atoms with Gasteiger partial charge in [0.1, 0.15) is 13.3 Å². The van der Waals surface area contributed by atoms with Gasteiger partial charge in [0.2, 0.25) is 0 Å². The number of hydrogen-bond donors (Lipinski definition) is 2. The molecule has 0 heterocycles. The van der Waals surface area contributed by atoms with Crippen LogP contribution in [0.15, 0.2) is 12.1 Å². The lowest BCUT2D eigenvalue weighted by Crippen LogP contribution is -2.00. The van der Waals surface area contributed by atoms with Crippen LogP contribution in [0.5, 0.6) is 0 Å². The molecule has 4 heteroatoms. The molecule has 1 aromatic rings. The highest BCUT2D eigenvalue weighted by Gasteiger charge is 2.04. The molecule has 0 unspecified atom stereocenters. The Hall–Kier alpha value is -1.32. The van der Waals surface area contributed by atoms with E-state index in [9.17, 15) is 8.78 Å². The number of benzene rings is 1. The van der Waals surface area contributed by atoms with E-state index in [1.165, 1.54) is 12.1 Å². The third-order valence-electron chi connectivity index (χ3n) is 1.66. The van der Waals surface area contributed by atoms with E-state index in [1.54, 1.807) is 0 Å². The quantitative estimate of drug-likeness (QED) is 0.668. The van der Waals surface area contributed by atoms with Crippen molar-refractivity contribution >= 4 is 11.4 Å². The van der Waals surface area contributed by atoms with Crippen molar-refractivity contribution in [3.05, 3.63) is 23.3 Å². The van der Waals surface area contributed by atoms with Gasteiger partial charge in [-0.25, -0.2) is 8.78 Å². The average Bonchev–Trinajstić information content (AvgIpc) is 2.09. The van der Waals surface area contributed by atoms with Gasteiger partial charge >= 0.3 is 0 Å². The lowest BCUT2D eigenvalue weighted by atomic mass is 10.1. The van der Waals surface area contributed by atoms with E-state index in [1.807, 2.05) is 0 Å². The van der Waals surface area contributed by atoms with E-state index in [4.69, 9.17) is 11.5 Å². The van der Waals surface area contributed by atoms with Crippen LogP contribution in [0.4, 0.5) is 20.2 Å². The third-order valence-corrected chi connectivity index (χ3v) is 1.66. The first kappa shape index (κ1) is 8.77. The van der Waals surface area contributed by atoms with E-state index in [0.717, 1.165) is 0 Å². The molecule has 1 rings (SSSR count). The molecular formula is C8H10F2N2. The number of halogens is 2. The summed E-state index contributed by atoms with van der Waals surface area (Å²) in [7, 11) is 0. The van der Waals surface area contributed by atoms with Crippen LogP contribution in [0.1, 0.15) is 11.1 Å². The molecule has 0 saturated carbocycles. The summed E-state index contributed by atoms with van der Waals surface area (Å²) in [5, 5.41) is 0. The Morgan fingerprint density at radius 3 is 2.25 bits per heavy atom. The number of anilines is 2. The normalized spacial score (nSPS) is 10.2. The first-order valence-corrected chi connectivity index (χ1v) is 3.47. The van der Waals surface area contributed by atoms with Crippen LogP contribution in [0.2, 0.25) is 0 Å². The van der Waals surface area contributed by atoms with Gasteiger partial charge in [-0.05, 0) is 17.7 Å². The molecule has 0 aromatic heterocycles. The third kappa shape index (κ3) is 1.47. The van der Waals surface area contributed by atoms with Crippen LogP contribution >= 0.6 is 0 Å². The number of nitrogen functional groups attached to an aromatic ring is 2. The first-order valence-electron chi connectivity index (χ1n) is 3.47. The van der Waals surface area contributed by atoms with Gasteiger partial charge in [-0.2, -0.15) is 0 Å². The molecule has 2 nitrogen and oxygen atoms in total. The summed E-state index contributed by atoms with van der Waals surface area (Å²) in [5.74, 6) is 0. The molecule has 0 spiro atoms. The predicted octanol–water partition coefficient (Wildman–Crippen LogP) is 1.79. The minimum atomic E-state index is -0.718. The van der Waals surface area contributed by atoms with Crippen molar-refractivity contribution in [3.63, 3.8) is 0 Å². The van der Waals surface area contributed by atoms with Crippen LogP contribution in [-0.4, -0.2) is 0 Å². The lowest BCUT2D eigenvalue weighted by molar-refractivity contribution is 0.476. The molecule has 0 amide bonds. The molecular weight excluding hydrogens is 162 g/mol. The van der Waals surface area contributed by atoms with Gasteiger partial charge in [-0.1, -0.05) is 0 Å². The fraction of sp³-hybridized carbons (Fsp3) is 0.250. The van der Waals surface area contributed by atoms with E-state index in [0.29, 0.717) is 5.56 Å². The van der Waals surface area contributed by atoms with E-state index >= 15 is 0 Å². The van der Waals surface area contributed by atoms with Gasteiger partial charge in [0.15, 0.2) is 0 Å². The molecule has 12 heavy (non-hydrogen) atoms. The minimum Gasteiger partial charge on any atom is -0.397 e. The molecule has 0 atom stereocenters. The Bertz CT molecular complexity index is 287. The van der Waals surface area contributed by atoms with E-state index in [-0.39, 0.29) is 16.9 Å². The molecule has 0 aliphatic heterocycles. The molecule has 0 aliphatic carbocycles. The Balaban J connectivity index is 3.19. The van der Waals surface area contributed by atoms with Crippen molar-refractivity contribution in [2.75, 3.05) is 11.5 Å². The van der Waals surface area contributed by atoms with Gasteiger partial charge in [0.25, 0.3) is 0 Å². The van der Waals surface area contributed by atoms with Gasteiger partial charge in [-0.3, -0.25) is 0 Å². The van der Waals surface area contributed by atoms with Gasteiger partial charge in [-0.15, -0.1) is 0 Å². The summed E-state index contributed by atoms with van der Waals surface area (Å²) >= 11 is 0. The van der Waals surface area contributed by atoms with Gasteiger partial charge < -0.3 is 11.5 Å². The highest BCUT2D eigenvalue weighted by atomic mass is 19.1. The summed E-state index contributed by atoms with van der Waals surface area (Å²) in [4.78, 5) is 0. The van der Waals surface area contributed by atoms with Crippen LogP contribution in [0.25, 0.3) is 0 Å². The van der Waals surface area contributed by atoms with Gasteiger partial charge in [0.05, 0.1) is 11.4 Å². The maximum absolute atomic E-state index is 12.2. The number of nitrogens with two attached hydrogens (primary N) is 2. The Kier molecular flexibility index (Phi) is 2.47. The summed E-state index contributed by atoms with van der Waals surface area (Å²) < 4.78 is 24.4. The number of hydrogen-bond acceptors (Lipinski definition) is 2. The van der Waals surface area contributed by atoms with Crippen LogP contribution in [-0.2, 0) is 13.3 Å². The number of rotatable bonds is 2. The Morgan fingerprint density at radius 1 is 1.08 bits per heavy atom. The molecule has 0 fully saturated rings. The fourth-order valence-electron chi connectivity index (χ4n) is 0.994. The monoisotopic (exact) mass is 172 g/mol. The molecule has 0 radical (unpaired) electrons. The highest BCUT2D eigenvalue weighted by molar-refractivity contribution is 5.68. The SMILES string of the molecule is Nc1cc(CF)cc(CF)c1N. The maximum atomic E-state index is 12.2. The zero-order valence-corrected chi connectivity index (χ0v) is 6.48. The van der Waals surface area contributed by atoms with Crippen molar-refractivity contribution in [2.24, 2.45) is 0 Å². The Labute approximate surface area is 69.2 Å². The molecule has 0 bridgehead atoms. The van der Waals surface area contributed by atoms with E-state index < -0.39 is 13.3 Å². The smallest absolute Gasteiger partial charge is 0.117 e. The van der Waals surface area contributed by atoms with Crippen molar-refractivity contribution in [2.45, 2.75) is 13.3 Å². The fourth-order valence-corrected chi connectivity index (χ4v) is 0.994. The molecule has 4 N–H and O–H groups in total. The van der Waals surface area contributed by atoms with Crippen LogP contribution < -0.4 is 11.5 Å². The number of alkyl halides is 2. The second-order valence-corrected chi connectivity index (χ2v) is 2.53. The van der Waals surface area contributed by atoms with E-state index in [2.05, 4.69) is 0 Å². The summed E-state index contributed by atoms with van der Waals surface area (Å²) in [5.41, 5.74) is 11.9. The van der Waals surface area contributed by atoms with Gasteiger partial charge in [0, 0.05) is 5.56 Å². The molecule has 66 valence electrons. The van der Waals surface area contributed by atoms with Crippen molar-refractivity contribution in [3.8, 4) is 0 Å². The minimum absolute atomic E-state index is 0.203. The largest absolute Gasteiger partial charge is 0.397 e. The zero-order chi connectivity index (χ0) is 9.14. The first-order chi connectivity index (χ1) is 5.69. The maximum Gasteiger partial charge on any atom is 0.117 e. The zero-order valence-electron chi connectivity index (χ0n) is 6.48. The topological polar surface area (TPSA) is 52.0 Å². The van der Waals surface area contributed by atoms with Crippen molar-refractivity contribution in [1.29, 1.82) is 0 Å². The molecule has 0 aliphatic rings. The van der Waals surface area contributed by atoms with Crippen molar-refractivity contribution in [1.82, 2.24) is 0 Å². The van der Waals surface area contributed by atoms with Crippen LogP contribution in [0, 0.1) is 0 Å².